The molecule has 1 N–H and O–H groups in total. The summed E-state index contributed by atoms with van der Waals surface area (Å²) in [6, 6.07) is 10.3. The van der Waals surface area contributed by atoms with E-state index in [9.17, 15) is 0 Å². The zero-order valence-corrected chi connectivity index (χ0v) is 11.6. The van der Waals surface area contributed by atoms with Crippen molar-refractivity contribution in [3.63, 3.8) is 0 Å². The van der Waals surface area contributed by atoms with Gasteiger partial charge >= 0.3 is 0 Å². The topological polar surface area (TPSA) is 55.6 Å². The van der Waals surface area contributed by atoms with E-state index in [4.69, 9.17) is 0 Å². The number of unbranched alkanes of at least 4 members (excludes halogenated alkanes) is 2. The summed E-state index contributed by atoms with van der Waals surface area (Å²) >= 11 is 0. The predicted octanol–water partition coefficient (Wildman–Crippen LogP) is 3.04. The molecule has 0 aliphatic carbocycles. The molecule has 1 atom stereocenters. The van der Waals surface area contributed by atoms with Crippen molar-refractivity contribution in [2.24, 2.45) is 0 Å². The van der Waals surface area contributed by atoms with Gasteiger partial charge in [0.25, 0.3) is 0 Å². The molecular formula is C14H21N5. The van der Waals surface area contributed by atoms with Gasteiger partial charge in [-0.3, -0.25) is 0 Å². The first-order chi connectivity index (χ1) is 9.31. The molecule has 5 heteroatoms. The fraction of sp³-hybridized carbons (Fsp3) is 0.500. The molecule has 0 amide bonds. The van der Waals surface area contributed by atoms with Crippen molar-refractivity contribution in [2.45, 2.75) is 45.6 Å². The van der Waals surface area contributed by atoms with Gasteiger partial charge in [0.1, 0.15) is 0 Å². The van der Waals surface area contributed by atoms with E-state index in [0.29, 0.717) is 12.0 Å². The van der Waals surface area contributed by atoms with E-state index in [2.05, 4.69) is 34.7 Å². The Morgan fingerprint density at radius 3 is 2.74 bits per heavy atom. The van der Waals surface area contributed by atoms with Gasteiger partial charge < -0.3 is 5.32 Å². The van der Waals surface area contributed by atoms with Crippen LogP contribution in [0.3, 0.4) is 0 Å². The predicted molar refractivity (Wildman–Crippen MR) is 76.4 cm³/mol. The van der Waals surface area contributed by atoms with E-state index < -0.39 is 0 Å². The van der Waals surface area contributed by atoms with Crippen LogP contribution in [-0.2, 0) is 0 Å². The van der Waals surface area contributed by atoms with Crippen LogP contribution in [0.2, 0.25) is 0 Å². The highest BCUT2D eigenvalue weighted by Crippen LogP contribution is 2.13. The molecule has 0 aliphatic heterocycles. The number of nitrogens with zero attached hydrogens (tertiary/aromatic N) is 4. The van der Waals surface area contributed by atoms with Crippen LogP contribution >= 0.6 is 0 Å². The Kier molecular flexibility index (Phi) is 4.89. The average Bonchev–Trinajstić information content (AvgIpc) is 2.88. The minimum Gasteiger partial charge on any atom is -0.350 e. The molecule has 0 saturated carbocycles. The van der Waals surface area contributed by atoms with Gasteiger partial charge in [0.05, 0.1) is 5.69 Å². The lowest BCUT2D eigenvalue weighted by atomic mass is 10.1. The lowest BCUT2D eigenvalue weighted by molar-refractivity contribution is 0.610. The summed E-state index contributed by atoms with van der Waals surface area (Å²) < 4.78 is 1.73. The molecule has 0 spiro atoms. The van der Waals surface area contributed by atoms with Gasteiger partial charge in [-0.05, 0) is 35.9 Å². The standard InChI is InChI=1S/C14H21N5/c1-3-4-6-9-12(2)15-14-16-17-18-19(14)13-10-7-5-8-11-13/h5,7-8,10-12H,3-4,6,9H2,1-2H3,(H,15,16,18). The zero-order valence-electron chi connectivity index (χ0n) is 11.6. The Hall–Kier alpha value is -1.91. The quantitative estimate of drug-likeness (QED) is 0.776. The van der Waals surface area contributed by atoms with Crippen molar-refractivity contribution in [1.82, 2.24) is 20.2 Å². The minimum absolute atomic E-state index is 0.375. The average molecular weight is 259 g/mol. The van der Waals surface area contributed by atoms with Crippen LogP contribution in [0.4, 0.5) is 5.95 Å². The van der Waals surface area contributed by atoms with Crippen LogP contribution in [0, 0.1) is 0 Å². The summed E-state index contributed by atoms with van der Waals surface area (Å²) in [5.74, 6) is 0.704. The molecule has 2 rings (SSSR count). The first-order valence-electron chi connectivity index (χ1n) is 6.91. The summed E-state index contributed by atoms with van der Waals surface area (Å²) in [6.45, 7) is 4.38. The number of anilines is 1. The van der Waals surface area contributed by atoms with Crippen molar-refractivity contribution in [2.75, 3.05) is 5.32 Å². The minimum atomic E-state index is 0.375. The molecule has 0 bridgehead atoms. The van der Waals surface area contributed by atoms with E-state index in [1.165, 1.54) is 19.3 Å². The number of hydrogen-bond donors (Lipinski definition) is 1. The highest BCUT2D eigenvalue weighted by atomic mass is 15.6. The van der Waals surface area contributed by atoms with Crippen molar-refractivity contribution < 1.29 is 0 Å². The highest BCUT2D eigenvalue weighted by Gasteiger charge is 2.10. The third-order valence-corrected chi connectivity index (χ3v) is 3.09. The van der Waals surface area contributed by atoms with Gasteiger partial charge in [0, 0.05) is 6.04 Å². The van der Waals surface area contributed by atoms with Crippen LogP contribution in [-0.4, -0.2) is 26.2 Å². The Morgan fingerprint density at radius 1 is 1.21 bits per heavy atom. The Balaban J connectivity index is 2.00. The molecule has 1 unspecified atom stereocenters. The van der Waals surface area contributed by atoms with E-state index in [-0.39, 0.29) is 0 Å². The van der Waals surface area contributed by atoms with Gasteiger partial charge in [0.2, 0.25) is 5.95 Å². The molecular weight excluding hydrogens is 238 g/mol. The van der Waals surface area contributed by atoms with Crippen LogP contribution in [0.25, 0.3) is 5.69 Å². The fourth-order valence-electron chi connectivity index (χ4n) is 2.01. The second kappa shape index (κ2) is 6.87. The third-order valence-electron chi connectivity index (χ3n) is 3.09. The molecule has 0 saturated heterocycles. The second-order valence-electron chi connectivity index (χ2n) is 4.79. The van der Waals surface area contributed by atoms with Gasteiger partial charge in [-0.25, -0.2) is 0 Å². The lowest BCUT2D eigenvalue weighted by Crippen LogP contribution is -2.18. The van der Waals surface area contributed by atoms with Crippen LogP contribution in [0.5, 0.6) is 0 Å². The lowest BCUT2D eigenvalue weighted by Gasteiger charge is -2.14. The molecule has 5 nitrogen and oxygen atoms in total. The maximum absolute atomic E-state index is 4.05. The first kappa shape index (κ1) is 13.5. The number of nitrogens with one attached hydrogen (secondary N) is 1. The van der Waals surface area contributed by atoms with E-state index in [1.807, 2.05) is 30.3 Å². The monoisotopic (exact) mass is 259 g/mol. The maximum atomic E-state index is 4.05. The summed E-state index contributed by atoms with van der Waals surface area (Å²) in [4.78, 5) is 0. The Morgan fingerprint density at radius 2 is 2.00 bits per heavy atom. The number of rotatable bonds is 7. The van der Waals surface area contributed by atoms with E-state index >= 15 is 0 Å². The van der Waals surface area contributed by atoms with Gasteiger partial charge in [-0.15, -0.1) is 0 Å². The second-order valence-corrected chi connectivity index (χ2v) is 4.79. The summed E-state index contributed by atoms with van der Waals surface area (Å²) in [7, 11) is 0. The number of benzene rings is 1. The molecule has 102 valence electrons. The van der Waals surface area contributed by atoms with Crippen LogP contribution in [0.1, 0.15) is 39.5 Å². The first-order valence-corrected chi connectivity index (χ1v) is 6.91. The van der Waals surface area contributed by atoms with Crippen molar-refractivity contribution >= 4 is 5.95 Å². The highest BCUT2D eigenvalue weighted by molar-refractivity contribution is 5.38. The Labute approximate surface area is 114 Å². The van der Waals surface area contributed by atoms with Gasteiger partial charge in [-0.2, -0.15) is 4.68 Å². The van der Waals surface area contributed by atoms with Crippen molar-refractivity contribution in [3.05, 3.63) is 30.3 Å². The molecule has 0 aliphatic rings. The summed E-state index contributed by atoms with van der Waals surface area (Å²) in [6.07, 6.45) is 4.89. The zero-order chi connectivity index (χ0) is 13.5. The molecule has 2 aromatic rings. The number of aromatic nitrogens is 4. The number of para-hydroxylation sites is 1. The Bertz CT molecular complexity index is 480. The van der Waals surface area contributed by atoms with Gasteiger partial charge in [-0.1, -0.05) is 49.5 Å². The smallest absolute Gasteiger partial charge is 0.247 e. The maximum Gasteiger partial charge on any atom is 0.247 e. The van der Waals surface area contributed by atoms with E-state index in [0.717, 1.165) is 12.1 Å². The third kappa shape index (κ3) is 3.77. The number of tetrazole rings is 1. The summed E-state index contributed by atoms with van der Waals surface area (Å²) in [5.41, 5.74) is 0.968. The van der Waals surface area contributed by atoms with Gasteiger partial charge in [0.15, 0.2) is 0 Å². The molecule has 0 radical (unpaired) electrons. The molecule has 1 heterocycles. The SMILES string of the molecule is CCCCCC(C)Nc1nnnn1-c1ccccc1. The van der Waals surface area contributed by atoms with Crippen LogP contribution in [0.15, 0.2) is 30.3 Å². The number of hydrogen-bond acceptors (Lipinski definition) is 4. The largest absolute Gasteiger partial charge is 0.350 e. The molecule has 1 aromatic carbocycles. The molecule has 19 heavy (non-hydrogen) atoms. The molecule has 0 fully saturated rings. The van der Waals surface area contributed by atoms with Crippen molar-refractivity contribution in [1.29, 1.82) is 0 Å². The fourth-order valence-corrected chi connectivity index (χ4v) is 2.01. The molecule has 1 aromatic heterocycles. The van der Waals surface area contributed by atoms with Crippen molar-refractivity contribution in [3.8, 4) is 5.69 Å². The summed E-state index contributed by atoms with van der Waals surface area (Å²) in [5, 5.41) is 15.2. The van der Waals surface area contributed by atoms with Crippen LogP contribution < -0.4 is 5.32 Å². The van der Waals surface area contributed by atoms with E-state index in [1.54, 1.807) is 4.68 Å². The normalized spacial score (nSPS) is 12.3.